The summed E-state index contributed by atoms with van der Waals surface area (Å²) >= 11 is -12.2. The molecule has 0 aromatic heterocycles. The van der Waals surface area contributed by atoms with Gasteiger partial charge in [-0.15, -0.1) is 0 Å². The van der Waals surface area contributed by atoms with Gasteiger partial charge in [0.2, 0.25) is 0 Å². The van der Waals surface area contributed by atoms with Crippen molar-refractivity contribution in [3.8, 4) is 0 Å². The summed E-state index contributed by atoms with van der Waals surface area (Å²) in [5, 5.41) is 0. The molecule has 0 N–H and O–H groups in total. The van der Waals surface area contributed by atoms with Crippen molar-refractivity contribution in [2.75, 3.05) is 0 Å². The molecule has 0 unspecified atom stereocenters. The monoisotopic (exact) mass is 801 g/mol. The van der Waals surface area contributed by atoms with Gasteiger partial charge in [0, 0.05) is 0 Å². The van der Waals surface area contributed by atoms with E-state index in [2.05, 4.69) is 72.8 Å². The van der Waals surface area contributed by atoms with Crippen LogP contribution in [0.25, 0.3) is 0 Å². The van der Waals surface area contributed by atoms with Crippen molar-refractivity contribution in [1.82, 2.24) is 0 Å². The predicted octanol–water partition coefficient (Wildman–Crippen LogP) is 4.15. The van der Waals surface area contributed by atoms with Crippen LogP contribution >= 0.6 is 0 Å². The van der Waals surface area contributed by atoms with Crippen LogP contribution < -0.4 is 21.5 Å². The van der Waals surface area contributed by atoms with E-state index in [0.29, 0.717) is 0 Å². The molecule has 0 radical (unpaired) electrons. The van der Waals surface area contributed by atoms with E-state index in [1.54, 1.807) is 0 Å². The Morgan fingerprint density at radius 2 is 0.476 bits per heavy atom. The molecular formula is C36H30O3Sn2V. The van der Waals surface area contributed by atoms with Crippen LogP contribution in [-0.2, 0) is 23.5 Å². The zero-order valence-corrected chi connectivity index (χ0v) is 30.1. The molecule has 6 aromatic carbocycles. The van der Waals surface area contributed by atoms with Gasteiger partial charge >= 0.3 is 265 Å². The summed E-state index contributed by atoms with van der Waals surface area (Å²) in [6.07, 6.45) is 0. The molecule has 0 saturated carbocycles. The van der Waals surface area contributed by atoms with E-state index in [-0.39, 0.29) is 0 Å². The van der Waals surface area contributed by atoms with Crippen LogP contribution in [0.1, 0.15) is 0 Å². The maximum absolute atomic E-state index is 14.8. The van der Waals surface area contributed by atoms with E-state index in [4.69, 9.17) is 4.00 Å². The molecule has 0 fully saturated rings. The van der Waals surface area contributed by atoms with Crippen molar-refractivity contribution in [1.29, 1.82) is 0 Å². The molecule has 6 aromatic rings. The Balaban J connectivity index is 1.55. The van der Waals surface area contributed by atoms with E-state index in [9.17, 15) is 3.67 Å². The molecule has 3 nitrogen and oxygen atoms in total. The van der Waals surface area contributed by atoms with E-state index in [1.165, 1.54) is 0 Å². The molecule has 0 aliphatic carbocycles. The van der Waals surface area contributed by atoms with E-state index >= 15 is 0 Å². The molecule has 205 valence electrons. The van der Waals surface area contributed by atoms with E-state index in [0.717, 1.165) is 21.5 Å². The van der Waals surface area contributed by atoms with Gasteiger partial charge in [0.25, 0.3) is 0 Å². The van der Waals surface area contributed by atoms with E-state index < -0.39 is 53.4 Å². The zero-order chi connectivity index (χ0) is 28.7. The number of rotatable bonds is 10. The van der Waals surface area contributed by atoms with Crippen molar-refractivity contribution in [2.45, 2.75) is 0 Å². The third-order valence-corrected chi connectivity index (χ3v) is 38.4. The van der Waals surface area contributed by atoms with Crippen LogP contribution in [0, 0.1) is 0 Å². The summed E-state index contributed by atoms with van der Waals surface area (Å²) in [6, 6.07) is 62.1. The van der Waals surface area contributed by atoms with Crippen molar-refractivity contribution >= 4 is 59.1 Å². The van der Waals surface area contributed by atoms with Crippen LogP contribution in [0.5, 0.6) is 0 Å². The topological polar surface area (TPSA) is 35.5 Å². The summed E-state index contributed by atoms with van der Waals surface area (Å²) < 4.78 is 35.7. The quantitative estimate of drug-likeness (QED) is 0.196. The molecule has 6 rings (SSSR count). The Morgan fingerprint density at radius 1 is 0.310 bits per heavy atom. The van der Waals surface area contributed by atoms with Crippen LogP contribution in [0.4, 0.5) is 0 Å². The second-order valence-electron chi connectivity index (χ2n) is 9.96. The first-order valence-corrected chi connectivity index (χ1v) is 26.5. The molecule has 0 heterocycles. The van der Waals surface area contributed by atoms with Crippen molar-refractivity contribution < 1.29 is 23.5 Å². The fourth-order valence-corrected chi connectivity index (χ4v) is 40.5. The van der Waals surface area contributed by atoms with Gasteiger partial charge in [-0.2, -0.15) is 0 Å². The molecule has 0 saturated heterocycles. The first-order valence-electron chi connectivity index (χ1n) is 13.9. The minimum absolute atomic E-state index is 1.10. The van der Waals surface area contributed by atoms with Crippen LogP contribution in [0.2, 0.25) is 0 Å². The summed E-state index contributed by atoms with van der Waals surface area (Å²) in [7, 11) is 0. The van der Waals surface area contributed by atoms with Gasteiger partial charge in [0.1, 0.15) is 0 Å². The zero-order valence-electron chi connectivity index (χ0n) is 23.0. The second kappa shape index (κ2) is 13.7. The average Bonchev–Trinajstić information content (AvgIpc) is 3.08. The number of hydrogen-bond donors (Lipinski definition) is 0. The Morgan fingerprint density at radius 3 is 0.643 bits per heavy atom. The first-order chi connectivity index (χ1) is 20.7. The minimum atomic E-state index is -4.30. The van der Waals surface area contributed by atoms with Gasteiger partial charge in [0.15, 0.2) is 0 Å². The third-order valence-electron chi connectivity index (χ3n) is 7.50. The summed E-state index contributed by atoms with van der Waals surface area (Å²) in [6.45, 7) is 0. The SMILES string of the molecule is [O]=[V]([O][Sn]([c]1ccccc1)([c]1ccccc1)[c]1ccccc1)[O][Sn]([c]1ccccc1)([c]1ccccc1)[c]1ccccc1. The van der Waals surface area contributed by atoms with Gasteiger partial charge in [-0.1, -0.05) is 0 Å². The molecular weight excluding hydrogens is 769 g/mol. The van der Waals surface area contributed by atoms with Gasteiger partial charge in [0.05, 0.1) is 0 Å². The Bertz CT molecular complexity index is 1400. The van der Waals surface area contributed by atoms with Crippen molar-refractivity contribution in [3.05, 3.63) is 182 Å². The van der Waals surface area contributed by atoms with Crippen LogP contribution in [0.3, 0.4) is 0 Å². The van der Waals surface area contributed by atoms with Gasteiger partial charge in [-0.3, -0.25) is 0 Å². The summed E-state index contributed by atoms with van der Waals surface area (Å²) in [4.78, 5) is 0. The Hall–Kier alpha value is -2.78. The molecule has 0 spiro atoms. The first kappa shape index (κ1) is 29.3. The third kappa shape index (κ3) is 5.87. The molecule has 0 amide bonds. The molecule has 0 aliphatic rings. The Kier molecular flexibility index (Phi) is 9.54. The summed E-state index contributed by atoms with van der Waals surface area (Å²) in [5.41, 5.74) is 0. The van der Waals surface area contributed by atoms with Crippen LogP contribution in [0.15, 0.2) is 182 Å². The van der Waals surface area contributed by atoms with Gasteiger partial charge in [-0.25, -0.2) is 0 Å². The van der Waals surface area contributed by atoms with Crippen LogP contribution in [-0.4, -0.2) is 37.6 Å². The molecule has 42 heavy (non-hydrogen) atoms. The van der Waals surface area contributed by atoms with E-state index in [1.807, 2.05) is 109 Å². The normalized spacial score (nSPS) is 11.6. The molecule has 0 aliphatic heterocycles. The molecule has 0 bridgehead atoms. The fourth-order valence-electron chi connectivity index (χ4n) is 5.60. The standard InChI is InChI=1S/6C6H5.3O.2Sn.V/c6*1-2-4-6-5-3-1;;;;;;/h6*1-5H;;;;;;. The van der Waals surface area contributed by atoms with Crippen molar-refractivity contribution in [3.63, 3.8) is 0 Å². The average molecular weight is 799 g/mol. The fraction of sp³-hybridized carbons (Fsp3) is 0. The number of hydrogen-bond acceptors (Lipinski definition) is 3. The molecule has 6 heteroatoms. The maximum atomic E-state index is 14.8. The Labute approximate surface area is 262 Å². The van der Waals surface area contributed by atoms with Gasteiger partial charge < -0.3 is 0 Å². The van der Waals surface area contributed by atoms with Crippen molar-refractivity contribution in [2.24, 2.45) is 0 Å². The molecule has 0 atom stereocenters. The number of benzene rings is 6. The van der Waals surface area contributed by atoms with Gasteiger partial charge in [-0.05, 0) is 0 Å². The predicted molar refractivity (Wildman–Crippen MR) is 171 cm³/mol. The second-order valence-corrected chi connectivity index (χ2v) is 33.2. The summed E-state index contributed by atoms with van der Waals surface area (Å²) in [5.74, 6) is 0.